The molecule has 3 heteroatoms. The number of ketones is 1. The molecule has 0 saturated heterocycles. The lowest BCUT2D eigenvalue weighted by atomic mass is 9.89. The van der Waals surface area contributed by atoms with Crippen LogP contribution >= 0.6 is 0 Å². The summed E-state index contributed by atoms with van der Waals surface area (Å²) in [6, 6.07) is 14.5. The van der Waals surface area contributed by atoms with Crippen LogP contribution in [0.15, 0.2) is 54.1 Å². The van der Waals surface area contributed by atoms with Crippen molar-refractivity contribution in [1.29, 1.82) is 0 Å². The van der Waals surface area contributed by atoms with Crippen molar-refractivity contribution in [2.75, 3.05) is 0 Å². The van der Waals surface area contributed by atoms with Crippen LogP contribution in [-0.4, -0.2) is 10.8 Å². The normalized spacial score (nSPS) is 16.2. The Morgan fingerprint density at radius 1 is 1.00 bits per heavy atom. The van der Waals surface area contributed by atoms with Crippen LogP contribution in [0.3, 0.4) is 0 Å². The Bertz CT molecular complexity index is 920. The monoisotopic (exact) mass is 291 g/mol. The number of aromatic amines is 1. The van der Waals surface area contributed by atoms with Gasteiger partial charge >= 0.3 is 0 Å². The molecule has 2 aromatic carbocycles. The van der Waals surface area contributed by atoms with Crippen molar-refractivity contribution in [2.45, 2.75) is 12.8 Å². The molecule has 1 aliphatic carbocycles. The average molecular weight is 291 g/mol. The lowest BCUT2D eigenvalue weighted by molar-refractivity contribution is 0.102. The molecule has 0 atom stereocenters. The molecule has 0 unspecified atom stereocenters. The molecule has 1 heterocycles. The van der Waals surface area contributed by atoms with Gasteiger partial charge in [-0.25, -0.2) is 4.39 Å². The van der Waals surface area contributed by atoms with E-state index in [1.165, 1.54) is 6.07 Å². The Labute approximate surface area is 127 Å². The van der Waals surface area contributed by atoms with Gasteiger partial charge in [-0.15, -0.1) is 0 Å². The maximum atomic E-state index is 13.8. The molecule has 0 bridgehead atoms. The quantitative estimate of drug-likeness (QED) is 0.657. The number of para-hydroxylation sites is 1. The minimum atomic E-state index is -0.301. The highest BCUT2D eigenvalue weighted by molar-refractivity contribution is 6.15. The molecule has 0 amide bonds. The minimum Gasteiger partial charge on any atom is -0.352 e. The largest absolute Gasteiger partial charge is 0.352 e. The Kier molecular flexibility index (Phi) is 2.93. The molecule has 1 aliphatic rings. The van der Waals surface area contributed by atoms with E-state index >= 15 is 0 Å². The van der Waals surface area contributed by atoms with Gasteiger partial charge in [0.1, 0.15) is 5.82 Å². The van der Waals surface area contributed by atoms with E-state index in [0.29, 0.717) is 23.3 Å². The summed E-state index contributed by atoms with van der Waals surface area (Å²) in [6.07, 6.45) is 3.11. The SMILES string of the molecule is O=C1/C(=C/c2ccccc2F)CCc2c1[nH]c1ccccc21. The van der Waals surface area contributed by atoms with Gasteiger partial charge in [0.2, 0.25) is 5.78 Å². The van der Waals surface area contributed by atoms with Crippen molar-refractivity contribution in [3.63, 3.8) is 0 Å². The number of aromatic nitrogens is 1. The van der Waals surface area contributed by atoms with E-state index in [0.717, 1.165) is 22.9 Å². The van der Waals surface area contributed by atoms with Crippen LogP contribution in [0.25, 0.3) is 17.0 Å². The van der Waals surface area contributed by atoms with Gasteiger partial charge in [-0.1, -0.05) is 36.4 Å². The Morgan fingerprint density at radius 3 is 2.64 bits per heavy atom. The zero-order chi connectivity index (χ0) is 15.1. The second-order valence-electron chi connectivity index (χ2n) is 5.54. The summed E-state index contributed by atoms with van der Waals surface area (Å²) >= 11 is 0. The van der Waals surface area contributed by atoms with Crippen molar-refractivity contribution in [2.24, 2.45) is 0 Å². The maximum absolute atomic E-state index is 13.8. The van der Waals surface area contributed by atoms with Crippen LogP contribution in [0.4, 0.5) is 4.39 Å². The van der Waals surface area contributed by atoms with Gasteiger partial charge in [-0.2, -0.15) is 0 Å². The van der Waals surface area contributed by atoms with E-state index < -0.39 is 0 Å². The first-order chi connectivity index (χ1) is 10.7. The van der Waals surface area contributed by atoms with Gasteiger partial charge in [0, 0.05) is 22.0 Å². The molecule has 3 aromatic rings. The molecule has 0 aliphatic heterocycles. The predicted octanol–water partition coefficient (Wildman–Crippen LogP) is 4.52. The van der Waals surface area contributed by atoms with Gasteiger partial charge in [0.25, 0.3) is 0 Å². The lowest BCUT2D eigenvalue weighted by Gasteiger charge is -2.14. The number of aryl methyl sites for hydroxylation is 1. The van der Waals surface area contributed by atoms with Crippen LogP contribution in [-0.2, 0) is 6.42 Å². The Morgan fingerprint density at radius 2 is 1.77 bits per heavy atom. The molecule has 1 N–H and O–H groups in total. The van der Waals surface area contributed by atoms with Crippen molar-refractivity contribution in [1.82, 2.24) is 4.98 Å². The summed E-state index contributed by atoms with van der Waals surface area (Å²) in [5.74, 6) is -0.328. The molecular weight excluding hydrogens is 277 g/mol. The standard InChI is InChI=1S/C19H14FNO/c20-16-7-3-1-5-12(16)11-13-9-10-15-14-6-2-4-8-17(14)21-18(15)19(13)22/h1-8,11,21H,9-10H2/b13-11+. The molecule has 1 aromatic heterocycles. The molecular formula is C19H14FNO. The number of rotatable bonds is 1. The Hall–Kier alpha value is -2.68. The molecule has 0 radical (unpaired) electrons. The zero-order valence-electron chi connectivity index (χ0n) is 11.9. The van der Waals surface area contributed by atoms with Crippen LogP contribution < -0.4 is 0 Å². The highest BCUT2D eigenvalue weighted by Crippen LogP contribution is 2.32. The number of fused-ring (bicyclic) bond motifs is 3. The van der Waals surface area contributed by atoms with Gasteiger partial charge in [-0.3, -0.25) is 4.79 Å². The average Bonchev–Trinajstić information content (AvgIpc) is 2.92. The lowest BCUT2D eigenvalue weighted by Crippen LogP contribution is -2.13. The van der Waals surface area contributed by atoms with Crippen molar-refractivity contribution < 1.29 is 9.18 Å². The third-order valence-electron chi connectivity index (χ3n) is 4.21. The van der Waals surface area contributed by atoms with E-state index in [-0.39, 0.29) is 11.6 Å². The number of carbonyl (C=O) groups is 1. The van der Waals surface area contributed by atoms with Gasteiger partial charge in [0.15, 0.2) is 0 Å². The van der Waals surface area contributed by atoms with Crippen LogP contribution in [0.2, 0.25) is 0 Å². The number of H-pyrrole nitrogens is 1. The van der Waals surface area contributed by atoms with Gasteiger partial charge in [-0.05, 0) is 36.6 Å². The van der Waals surface area contributed by atoms with E-state index in [1.54, 1.807) is 24.3 Å². The molecule has 0 saturated carbocycles. The van der Waals surface area contributed by atoms with Crippen LogP contribution in [0.5, 0.6) is 0 Å². The molecule has 4 rings (SSSR count). The summed E-state index contributed by atoms with van der Waals surface area (Å²) in [5, 5.41) is 1.11. The topological polar surface area (TPSA) is 32.9 Å². The summed E-state index contributed by atoms with van der Waals surface area (Å²) in [7, 11) is 0. The second-order valence-corrected chi connectivity index (χ2v) is 5.54. The summed E-state index contributed by atoms with van der Waals surface area (Å²) in [4.78, 5) is 15.9. The van der Waals surface area contributed by atoms with E-state index in [1.807, 2.05) is 24.3 Å². The number of carbonyl (C=O) groups excluding carboxylic acids is 1. The maximum Gasteiger partial charge on any atom is 0.205 e. The van der Waals surface area contributed by atoms with Gasteiger partial charge < -0.3 is 4.98 Å². The minimum absolute atomic E-state index is 0.0271. The smallest absolute Gasteiger partial charge is 0.205 e. The second kappa shape index (κ2) is 4.95. The zero-order valence-corrected chi connectivity index (χ0v) is 11.9. The number of nitrogens with one attached hydrogen (secondary N) is 1. The fraction of sp³-hybridized carbons (Fsp3) is 0.105. The number of benzene rings is 2. The first kappa shape index (κ1) is 13.0. The van der Waals surface area contributed by atoms with Crippen LogP contribution in [0, 0.1) is 5.82 Å². The third-order valence-corrected chi connectivity index (χ3v) is 4.21. The van der Waals surface area contributed by atoms with Crippen molar-refractivity contribution in [3.05, 3.63) is 76.7 Å². The fourth-order valence-corrected chi connectivity index (χ4v) is 3.10. The highest BCUT2D eigenvalue weighted by atomic mass is 19.1. The van der Waals surface area contributed by atoms with E-state index in [9.17, 15) is 9.18 Å². The van der Waals surface area contributed by atoms with Gasteiger partial charge in [0.05, 0.1) is 5.69 Å². The number of halogens is 1. The third kappa shape index (κ3) is 1.98. The number of allylic oxidation sites excluding steroid dienone is 1. The summed E-state index contributed by atoms with van der Waals surface area (Å²) in [5.41, 5.74) is 3.82. The summed E-state index contributed by atoms with van der Waals surface area (Å²) < 4.78 is 13.8. The number of hydrogen-bond donors (Lipinski definition) is 1. The summed E-state index contributed by atoms with van der Waals surface area (Å²) in [6.45, 7) is 0. The first-order valence-corrected chi connectivity index (χ1v) is 7.33. The predicted molar refractivity (Wildman–Crippen MR) is 85.3 cm³/mol. The molecule has 22 heavy (non-hydrogen) atoms. The molecule has 0 fully saturated rings. The molecule has 108 valence electrons. The first-order valence-electron chi connectivity index (χ1n) is 7.33. The molecule has 2 nitrogen and oxygen atoms in total. The van der Waals surface area contributed by atoms with Crippen molar-refractivity contribution in [3.8, 4) is 0 Å². The van der Waals surface area contributed by atoms with Crippen LogP contribution in [0.1, 0.15) is 28.0 Å². The van der Waals surface area contributed by atoms with E-state index in [2.05, 4.69) is 4.98 Å². The number of hydrogen-bond acceptors (Lipinski definition) is 1. The fourth-order valence-electron chi connectivity index (χ4n) is 3.10. The molecule has 0 spiro atoms. The Balaban J connectivity index is 1.81. The van der Waals surface area contributed by atoms with Crippen molar-refractivity contribution >= 4 is 22.8 Å². The number of Topliss-reactive ketones (excluding diaryl/α,β-unsaturated/α-hetero) is 1. The highest BCUT2D eigenvalue weighted by Gasteiger charge is 2.25. The van der Waals surface area contributed by atoms with E-state index in [4.69, 9.17) is 0 Å².